The Labute approximate surface area is 164 Å². The Morgan fingerprint density at radius 3 is 2.54 bits per heavy atom. The molecule has 148 valence electrons. The zero-order valence-corrected chi connectivity index (χ0v) is 16.2. The molecule has 0 fully saturated rings. The van der Waals surface area contributed by atoms with Gasteiger partial charge in [-0.25, -0.2) is 0 Å². The molecule has 7 nitrogen and oxygen atoms in total. The number of nitrogens with zero attached hydrogens (tertiary/aromatic N) is 1. The molecule has 0 aliphatic rings. The predicted octanol–water partition coefficient (Wildman–Crippen LogP) is 4.28. The van der Waals surface area contributed by atoms with Crippen molar-refractivity contribution in [2.24, 2.45) is 0 Å². The minimum absolute atomic E-state index is 0.0197. The molecule has 2 aromatic rings. The first-order chi connectivity index (χ1) is 13.4. The predicted molar refractivity (Wildman–Crippen MR) is 107 cm³/mol. The van der Waals surface area contributed by atoms with E-state index in [9.17, 15) is 14.9 Å². The number of nitro benzene ring substituents is 1. The molecule has 0 radical (unpaired) electrons. The van der Waals surface area contributed by atoms with Crippen molar-refractivity contribution >= 4 is 17.7 Å². The molecule has 2 aromatic carbocycles. The highest BCUT2D eigenvalue weighted by molar-refractivity contribution is 5.92. The van der Waals surface area contributed by atoms with Crippen LogP contribution < -0.4 is 14.8 Å². The van der Waals surface area contributed by atoms with E-state index in [0.29, 0.717) is 30.3 Å². The van der Waals surface area contributed by atoms with E-state index >= 15 is 0 Å². The van der Waals surface area contributed by atoms with Crippen molar-refractivity contribution in [3.63, 3.8) is 0 Å². The third kappa shape index (κ3) is 5.84. The number of rotatable bonds is 9. The summed E-state index contributed by atoms with van der Waals surface area (Å²) in [5.74, 6) is 0.998. The first-order valence-electron chi connectivity index (χ1n) is 9.07. The van der Waals surface area contributed by atoms with Gasteiger partial charge in [0.2, 0.25) is 5.91 Å². The number of nitrogens with one attached hydrogen (secondary N) is 1. The quantitative estimate of drug-likeness (QED) is 0.396. The monoisotopic (exact) mass is 384 g/mol. The second kappa shape index (κ2) is 10.1. The van der Waals surface area contributed by atoms with Crippen LogP contribution in [-0.2, 0) is 4.79 Å². The Kier molecular flexibility index (Phi) is 7.56. The van der Waals surface area contributed by atoms with Crippen molar-refractivity contribution < 1.29 is 19.2 Å². The van der Waals surface area contributed by atoms with Crippen molar-refractivity contribution in [3.05, 3.63) is 69.8 Å². The number of carbonyl (C=O) groups excluding carboxylic acids is 1. The molecule has 7 heteroatoms. The lowest BCUT2D eigenvalue weighted by atomic mass is 10.1. The van der Waals surface area contributed by atoms with Crippen LogP contribution in [0.5, 0.6) is 11.5 Å². The Bertz CT molecular complexity index is 864. The average molecular weight is 384 g/mol. The third-order valence-electron chi connectivity index (χ3n) is 3.93. The highest BCUT2D eigenvalue weighted by Gasteiger charge is 2.12. The minimum Gasteiger partial charge on any atom is -0.490 e. The number of hydrogen-bond donors (Lipinski definition) is 1. The maximum absolute atomic E-state index is 12.2. The van der Waals surface area contributed by atoms with E-state index in [1.807, 2.05) is 39.0 Å². The van der Waals surface area contributed by atoms with Gasteiger partial charge in [-0.1, -0.05) is 18.2 Å². The normalized spacial score (nSPS) is 11.8. The maximum Gasteiger partial charge on any atom is 0.270 e. The second-order valence-corrected chi connectivity index (χ2v) is 5.99. The van der Waals surface area contributed by atoms with Crippen molar-refractivity contribution in [3.8, 4) is 11.5 Å². The standard InChI is InChI=1S/C21H24N2O5/c1-4-27-19-11-10-17(14-20(19)28-5-2)15(3)22-21(24)12-9-16-7-6-8-18(13-16)23(25)26/h6-15H,4-5H2,1-3H3,(H,22,24)/b12-9+. The smallest absolute Gasteiger partial charge is 0.270 e. The number of ether oxygens (including phenoxy) is 2. The van der Waals surface area contributed by atoms with E-state index in [4.69, 9.17) is 9.47 Å². The van der Waals surface area contributed by atoms with Crippen molar-refractivity contribution in [1.82, 2.24) is 5.32 Å². The zero-order valence-electron chi connectivity index (χ0n) is 16.2. The van der Waals surface area contributed by atoms with Crippen LogP contribution in [0.4, 0.5) is 5.69 Å². The fourth-order valence-electron chi connectivity index (χ4n) is 2.60. The lowest BCUT2D eigenvalue weighted by Crippen LogP contribution is -2.24. The molecule has 0 heterocycles. The Morgan fingerprint density at radius 1 is 1.14 bits per heavy atom. The Balaban J connectivity index is 2.06. The van der Waals surface area contributed by atoms with Crippen LogP contribution in [0.15, 0.2) is 48.5 Å². The molecule has 1 atom stereocenters. The fraction of sp³-hybridized carbons (Fsp3) is 0.286. The Hall–Kier alpha value is -3.35. The van der Waals surface area contributed by atoms with E-state index in [0.717, 1.165) is 5.56 Å². The molecule has 0 bridgehead atoms. The van der Waals surface area contributed by atoms with Crippen LogP contribution in [-0.4, -0.2) is 24.0 Å². The summed E-state index contributed by atoms with van der Waals surface area (Å²) < 4.78 is 11.2. The molecular weight excluding hydrogens is 360 g/mol. The van der Waals surface area contributed by atoms with Crippen LogP contribution in [0.1, 0.15) is 37.9 Å². The first kappa shape index (κ1) is 21.0. The Morgan fingerprint density at radius 2 is 1.86 bits per heavy atom. The molecule has 0 aliphatic heterocycles. The minimum atomic E-state index is -0.471. The van der Waals surface area contributed by atoms with Crippen LogP contribution in [0.2, 0.25) is 0 Å². The van der Waals surface area contributed by atoms with Gasteiger partial charge in [0.05, 0.1) is 24.2 Å². The maximum atomic E-state index is 12.2. The van der Waals surface area contributed by atoms with Crippen LogP contribution in [0.3, 0.4) is 0 Å². The van der Waals surface area contributed by atoms with Crippen molar-refractivity contribution in [2.75, 3.05) is 13.2 Å². The summed E-state index contributed by atoms with van der Waals surface area (Å²) in [4.78, 5) is 22.6. The zero-order chi connectivity index (χ0) is 20.5. The molecule has 2 rings (SSSR count). The molecule has 1 N–H and O–H groups in total. The highest BCUT2D eigenvalue weighted by Crippen LogP contribution is 2.30. The summed E-state index contributed by atoms with van der Waals surface area (Å²) in [5, 5.41) is 13.7. The molecule has 0 spiro atoms. The number of amides is 1. The molecule has 0 aliphatic carbocycles. The van der Waals surface area contributed by atoms with Gasteiger partial charge < -0.3 is 14.8 Å². The van der Waals surface area contributed by atoms with Gasteiger partial charge in [0.15, 0.2) is 11.5 Å². The third-order valence-corrected chi connectivity index (χ3v) is 3.93. The molecular formula is C21H24N2O5. The second-order valence-electron chi connectivity index (χ2n) is 5.99. The topological polar surface area (TPSA) is 90.7 Å². The van der Waals surface area contributed by atoms with Gasteiger partial charge in [0.25, 0.3) is 5.69 Å². The summed E-state index contributed by atoms with van der Waals surface area (Å²) in [7, 11) is 0. The van der Waals surface area contributed by atoms with E-state index in [-0.39, 0.29) is 17.6 Å². The molecule has 28 heavy (non-hydrogen) atoms. The molecule has 1 unspecified atom stereocenters. The molecule has 0 saturated carbocycles. The summed E-state index contributed by atoms with van der Waals surface area (Å²) >= 11 is 0. The summed E-state index contributed by atoms with van der Waals surface area (Å²) in [6.45, 7) is 6.71. The highest BCUT2D eigenvalue weighted by atomic mass is 16.6. The van der Waals surface area contributed by atoms with E-state index in [2.05, 4.69) is 5.32 Å². The van der Waals surface area contributed by atoms with Gasteiger partial charge in [-0.3, -0.25) is 14.9 Å². The number of carbonyl (C=O) groups is 1. The molecule has 0 aromatic heterocycles. The van der Waals surface area contributed by atoms with Crippen LogP contribution >= 0.6 is 0 Å². The van der Waals surface area contributed by atoms with Crippen molar-refractivity contribution in [1.29, 1.82) is 0 Å². The van der Waals surface area contributed by atoms with Crippen LogP contribution in [0, 0.1) is 10.1 Å². The SMILES string of the molecule is CCOc1ccc(C(C)NC(=O)/C=C/c2cccc([N+](=O)[O-])c2)cc1OCC. The summed E-state index contributed by atoms with van der Waals surface area (Å²) in [6.07, 6.45) is 2.90. The number of nitro groups is 1. The van der Waals surface area contributed by atoms with Gasteiger partial charge in [-0.05, 0) is 50.1 Å². The molecule has 1 amide bonds. The summed E-state index contributed by atoms with van der Waals surface area (Å²) in [6, 6.07) is 11.4. The van der Waals surface area contributed by atoms with E-state index in [1.54, 1.807) is 18.2 Å². The molecule has 0 saturated heterocycles. The largest absolute Gasteiger partial charge is 0.490 e. The lowest BCUT2D eigenvalue weighted by Gasteiger charge is -2.17. The van der Waals surface area contributed by atoms with Gasteiger partial charge >= 0.3 is 0 Å². The van der Waals surface area contributed by atoms with E-state index in [1.165, 1.54) is 18.2 Å². The number of hydrogen-bond acceptors (Lipinski definition) is 5. The number of benzene rings is 2. The number of non-ortho nitro benzene ring substituents is 1. The average Bonchev–Trinajstić information content (AvgIpc) is 2.68. The first-order valence-corrected chi connectivity index (χ1v) is 9.07. The summed E-state index contributed by atoms with van der Waals surface area (Å²) in [5.41, 5.74) is 1.44. The van der Waals surface area contributed by atoms with E-state index < -0.39 is 4.92 Å². The van der Waals surface area contributed by atoms with Gasteiger partial charge in [-0.15, -0.1) is 0 Å². The van der Waals surface area contributed by atoms with Gasteiger partial charge in [0, 0.05) is 18.2 Å². The van der Waals surface area contributed by atoms with Crippen molar-refractivity contribution in [2.45, 2.75) is 26.8 Å². The lowest BCUT2D eigenvalue weighted by molar-refractivity contribution is -0.384. The van der Waals surface area contributed by atoms with Gasteiger partial charge in [-0.2, -0.15) is 0 Å². The van der Waals surface area contributed by atoms with Gasteiger partial charge in [0.1, 0.15) is 0 Å². The fourth-order valence-corrected chi connectivity index (χ4v) is 2.60. The van der Waals surface area contributed by atoms with Crippen LogP contribution in [0.25, 0.3) is 6.08 Å².